The van der Waals surface area contributed by atoms with E-state index in [1.54, 1.807) is 24.3 Å². The number of benzene rings is 3. The lowest BCUT2D eigenvalue weighted by atomic mass is 9.88. The first-order chi connectivity index (χ1) is 15.2. The summed E-state index contributed by atoms with van der Waals surface area (Å²) in [5.41, 5.74) is 1.91. The molecule has 1 unspecified atom stereocenters. The van der Waals surface area contributed by atoms with Crippen molar-refractivity contribution in [3.05, 3.63) is 66.2 Å². The van der Waals surface area contributed by atoms with Gasteiger partial charge in [-0.05, 0) is 66.0 Å². The molecule has 0 fully saturated rings. The molecule has 6 nitrogen and oxygen atoms in total. The van der Waals surface area contributed by atoms with Gasteiger partial charge in [0.05, 0.1) is 4.90 Å². The van der Waals surface area contributed by atoms with Crippen LogP contribution in [-0.2, 0) is 14.9 Å². The zero-order valence-electron chi connectivity index (χ0n) is 18.5. The molecule has 1 atom stereocenters. The van der Waals surface area contributed by atoms with Crippen molar-refractivity contribution in [1.29, 1.82) is 0 Å². The molecule has 0 spiro atoms. The van der Waals surface area contributed by atoms with Crippen LogP contribution in [0.1, 0.15) is 45.1 Å². The smallest absolute Gasteiger partial charge is 0.330 e. The molecule has 0 amide bonds. The summed E-state index contributed by atoms with van der Waals surface area (Å²) in [6.07, 6.45) is 2.19. The van der Waals surface area contributed by atoms with Gasteiger partial charge in [-0.3, -0.25) is 4.55 Å². The van der Waals surface area contributed by atoms with E-state index in [1.165, 1.54) is 17.7 Å². The second-order valence-electron chi connectivity index (χ2n) is 8.29. The number of fused-ring (bicyclic) bond motifs is 1. The first-order valence-electron chi connectivity index (χ1n) is 10.7. The highest BCUT2D eigenvalue weighted by atomic mass is 32.2. The second-order valence-corrected chi connectivity index (χ2v) is 9.72. The SMILES string of the molecule is CCC(CC(C)C)c1ccc(OC(=O)CNc2cccc3cc(S(=O)(=O)O)ccc23)cc1. The van der Waals surface area contributed by atoms with Gasteiger partial charge >= 0.3 is 5.97 Å². The molecule has 0 aromatic heterocycles. The summed E-state index contributed by atoms with van der Waals surface area (Å²) in [6, 6.07) is 17.2. The van der Waals surface area contributed by atoms with Crippen molar-refractivity contribution in [2.45, 2.75) is 44.4 Å². The molecule has 3 rings (SSSR count). The van der Waals surface area contributed by atoms with Gasteiger partial charge in [-0.1, -0.05) is 51.1 Å². The minimum atomic E-state index is -4.28. The van der Waals surface area contributed by atoms with Crippen LogP contribution in [0.5, 0.6) is 5.75 Å². The zero-order valence-corrected chi connectivity index (χ0v) is 19.4. The van der Waals surface area contributed by atoms with Crippen LogP contribution >= 0.6 is 0 Å². The molecule has 0 saturated heterocycles. The Hall–Kier alpha value is -2.90. The fourth-order valence-electron chi connectivity index (χ4n) is 3.83. The number of carbonyl (C=O) groups excluding carboxylic acids is 1. The number of rotatable bonds is 9. The minimum Gasteiger partial charge on any atom is -0.425 e. The molecule has 0 aliphatic heterocycles. The Morgan fingerprint density at radius 1 is 1.06 bits per heavy atom. The average Bonchev–Trinajstić information content (AvgIpc) is 2.75. The van der Waals surface area contributed by atoms with Gasteiger partial charge in [0.25, 0.3) is 10.1 Å². The lowest BCUT2D eigenvalue weighted by Crippen LogP contribution is -2.19. The normalized spacial score (nSPS) is 12.7. The Labute approximate surface area is 189 Å². The summed E-state index contributed by atoms with van der Waals surface area (Å²) < 4.78 is 37.4. The summed E-state index contributed by atoms with van der Waals surface area (Å²) in [5, 5.41) is 4.40. The van der Waals surface area contributed by atoms with Gasteiger partial charge in [-0.2, -0.15) is 8.42 Å². The van der Waals surface area contributed by atoms with Crippen LogP contribution in [0.3, 0.4) is 0 Å². The average molecular weight is 456 g/mol. The van der Waals surface area contributed by atoms with Crippen molar-refractivity contribution in [3.8, 4) is 5.75 Å². The van der Waals surface area contributed by atoms with E-state index in [0.717, 1.165) is 18.2 Å². The minimum absolute atomic E-state index is 0.0498. The summed E-state index contributed by atoms with van der Waals surface area (Å²) in [4.78, 5) is 12.2. The maximum atomic E-state index is 12.3. The maximum absolute atomic E-state index is 12.3. The number of hydrogen-bond donors (Lipinski definition) is 2. The molecule has 2 N–H and O–H groups in total. The van der Waals surface area contributed by atoms with Crippen LogP contribution in [0.2, 0.25) is 0 Å². The topological polar surface area (TPSA) is 92.7 Å². The van der Waals surface area contributed by atoms with E-state index in [0.29, 0.717) is 28.7 Å². The molecule has 170 valence electrons. The summed E-state index contributed by atoms with van der Waals surface area (Å²) in [5.74, 6) is 1.18. The molecule has 0 aliphatic carbocycles. The van der Waals surface area contributed by atoms with E-state index in [4.69, 9.17) is 4.74 Å². The molecule has 0 saturated carbocycles. The maximum Gasteiger partial charge on any atom is 0.330 e. The number of nitrogens with one attached hydrogen (secondary N) is 1. The quantitative estimate of drug-likeness (QED) is 0.246. The van der Waals surface area contributed by atoms with Gasteiger partial charge < -0.3 is 10.1 Å². The van der Waals surface area contributed by atoms with Crippen molar-refractivity contribution in [1.82, 2.24) is 0 Å². The Bertz CT molecular complexity index is 1190. The Morgan fingerprint density at radius 3 is 2.41 bits per heavy atom. The predicted molar refractivity (Wildman–Crippen MR) is 127 cm³/mol. The van der Waals surface area contributed by atoms with Crippen molar-refractivity contribution < 1.29 is 22.5 Å². The number of carbonyl (C=O) groups is 1. The molecule has 7 heteroatoms. The van der Waals surface area contributed by atoms with E-state index >= 15 is 0 Å². The van der Waals surface area contributed by atoms with Crippen molar-refractivity contribution in [2.75, 3.05) is 11.9 Å². The first kappa shape index (κ1) is 23.8. The Balaban J connectivity index is 1.64. The van der Waals surface area contributed by atoms with Gasteiger partial charge in [0, 0.05) is 11.1 Å². The fourth-order valence-corrected chi connectivity index (χ4v) is 4.34. The third kappa shape index (κ3) is 6.08. The number of ether oxygens (including phenoxy) is 1. The van der Waals surface area contributed by atoms with E-state index in [-0.39, 0.29) is 11.4 Å². The lowest BCUT2D eigenvalue weighted by Gasteiger charge is -2.18. The Morgan fingerprint density at radius 2 is 1.78 bits per heavy atom. The first-order valence-corrected chi connectivity index (χ1v) is 12.2. The largest absolute Gasteiger partial charge is 0.425 e. The molecule has 3 aromatic carbocycles. The van der Waals surface area contributed by atoms with Crippen molar-refractivity contribution >= 4 is 32.5 Å². The van der Waals surface area contributed by atoms with Gasteiger partial charge in [0.2, 0.25) is 0 Å². The summed E-state index contributed by atoms with van der Waals surface area (Å²) in [7, 11) is -4.28. The second kappa shape index (κ2) is 10.1. The van der Waals surface area contributed by atoms with Gasteiger partial charge in [0.1, 0.15) is 12.3 Å². The van der Waals surface area contributed by atoms with Gasteiger partial charge in [-0.15, -0.1) is 0 Å². The van der Waals surface area contributed by atoms with E-state index < -0.39 is 16.1 Å². The van der Waals surface area contributed by atoms with Crippen LogP contribution in [0.15, 0.2) is 65.6 Å². The van der Waals surface area contributed by atoms with Crippen LogP contribution < -0.4 is 10.1 Å². The van der Waals surface area contributed by atoms with E-state index in [9.17, 15) is 17.8 Å². The molecular weight excluding hydrogens is 426 g/mol. The predicted octanol–water partition coefficient (Wildman–Crippen LogP) is 5.64. The van der Waals surface area contributed by atoms with Crippen LogP contribution in [-0.4, -0.2) is 25.5 Å². The molecular formula is C25H29NO5S. The summed E-state index contributed by atoms with van der Waals surface area (Å²) >= 11 is 0. The van der Waals surface area contributed by atoms with Gasteiger partial charge in [-0.25, -0.2) is 4.79 Å². The summed E-state index contributed by atoms with van der Waals surface area (Å²) in [6.45, 7) is 6.57. The highest BCUT2D eigenvalue weighted by Gasteiger charge is 2.13. The lowest BCUT2D eigenvalue weighted by molar-refractivity contribution is -0.132. The van der Waals surface area contributed by atoms with Crippen LogP contribution in [0.25, 0.3) is 10.8 Å². The van der Waals surface area contributed by atoms with Crippen molar-refractivity contribution in [3.63, 3.8) is 0 Å². The number of anilines is 1. The number of esters is 1. The van der Waals surface area contributed by atoms with E-state index in [2.05, 4.69) is 26.1 Å². The standard InChI is InChI=1S/C25H29NO5S/c1-4-18(14-17(2)3)19-8-10-21(11-9-19)31-25(27)16-26-24-7-5-6-20-15-22(32(28,29)30)12-13-23(20)24/h5-13,15,17-18,26H,4,14,16H2,1-3H3,(H,28,29,30). The Kier molecular flexibility index (Phi) is 7.53. The molecule has 0 radical (unpaired) electrons. The third-order valence-electron chi connectivity index (χ3n) is 5.40. The highest BCUT2D eigenvalue weighted by molar-refractivity contribution is 7.85. The molecule has 0 aliphatic rings. The zero-order chi connectivity index (χ0) is 23.3. The monoisotopic (exact) mass is 455 g/mol. The highest BCUT2D eigenvalue weighted by Crippen LogP contribution is 2.29. The fraction of sp³-hybridized carbons (Fsp3) is 0.320. The van der Waals surface area contributed by atoms with Crippen LogP contribution in [0, 0.1) is 5.92 Å². The molecule has 32 heavy (non-hydrogen) atoms. The molecule has 0 heterocycles. The van der Waals surface area contributed by atoms with Gasteiger partial charge in [0.15, 0.2) is 0 Å². The van der Waals surface area contributed by atoms with Crippen LogP contribution in [0.4, 0.5) is 5.69 Å². The van der Waals surface area contributed by atoms with Crippen molar-refractivity contribution in [2.24, 2.45) is 5.92 Å². The molecule has 3 aromatic rings. The van der Waals surface area contributed by atoms with E-state index in [1.807, 2.05) is 24.3 Å². The molecule has 0 bridgehead atoms. The third-order valence-corrected chi connectivity index (χ3v) is 6.25. The number of hydrogen-bond acceptors (Lipinski definition) is 5.